The Morgan fingerprint density at radius 2 is 1.69 bits per heavy atom. The topological polar surface area (TPSA) is 96.0 Å². The first kappa shape index (κ1) is 30.0. The lowest BCUT2D eigenvalue weighted by molar-refractivity contribution is -0.139. The number of halogens is 1. The van der Waals surface area contributed by atoms with Gasteiger partial charge in [-0.05, 0) is 62.2 Å². The van der Waals surface area contributed by atoms with Gasteiger partial charge in [0.2, 0.25) is 11.8 Å². The van der Waals surface area contributed by atoms with E-state index in [9.17, 15) is 18.0 Å². The van der Waals surface area contributed by atoms with Gasteiger partial charge in [-0.1, -0.05) is 54.4 Å². The standard InChI is InChI=1S/C29H34ClN3O5S/c1-5-17-31-29(35)22(3)32(19-23-11-13-24(30)14-12-23)28(34)20-33(25-7-6-8-26(18-25)38-4)39(36,37)27-15-9-21(2)10-16-27/h6-16,18,22H,5,17,19-20H2,1-4H3,(H,31,35)/t22-/m0/s1. The van der Waals surface area contributed by atoms with Gasteiger partial charge in [-0.3, -0.25) is 13.9 Å². The number of methoxy groups -OCH3 is 1. The van der Waals surface area contributed by atoms with Gasteiger partial charge in [0, 0.05) is 24.2 Å². The Kier molecular flexibility index (Phi) is 10.4. The second-order valence-corrected chi connectivity index (χ2v) is 11.4. The van der Waals surface area contributed by atoms with Crippen molar-refractivity contribution in [3.63, 3.8) is 0 Å². The maximum atomic E-state index is 13.9. The summed E-state index contributed by atoms with van der Waals surface area (Å²) in [6.07, 6.45) is 0.738. The number of nitrogens with zero attached hydrogens (tertiary/aromatic N) is 2. The lowest BCUT2D eigenvalue weighted by Gasteiger charge is -2.32. The number of ether oxygens (including phenoxy) is 1. The average molecular weight is 572 g/mol. The lowest BCUT2D eigenvalue weighted by atomic mass is 10.1. The molecule has 0 fully saturated rings. The van der Waals surface area contributed by atoms with Gasteiger partial charge in [-0.25, -0.2) is 8.42 Å². The summed E-state index contributed by atoms with van der Waals surface area (Å²) >= 11 is 6.03. The fourth-order valence-electron chi connectivity index (χ4n) is 3.90. The predicted molar refractivity (Wildman–Crippen MR) is 153 cm³/mol. The molecule has 0 heterocycles. The highest BCUT2D eigenvalue weighted by molar-refractivity contribution is 7.92. The van der Waals surface area contributed by atoms with Gasteiger partial charge in [0.15, 0.2) is 0 Å². The molecule has 8 nitrogen and oxygen atoms in total. The lowest BCUT2D eigenvalue weighted by Crippen LogP contribution is -2.51. The van der Waals surface area contributed by atoms with Crippen LogP contribution in [0.15, 0.2) is 77.7 Å². The molecule has 3 aromatic carbocycles. The van der Waals surface area contributed by atoms with Crippen LogP contribution in [0, 0.1) is 6.92 Å². The number of hydrogen-bond acceptors (Lipinski definition) is 5. The Bertz CT molecular complexity index is 1380. The fourth-order valence-corrected chi connectivity index (χ4v) is 5.43. The van der Waals surface area contributed by atoms with Crippen molar-refractivity contribution >= 4 is 39.1 Å². The monoisotopic (exact) mass is 571 g/mol. The van der Waals surface area contributed by atoms with Crippen molar-refractivity contribution in [1.29, 1.82) is 0 Å². The fraction of sp³-hybridized carbons (Fsp3) is 0.310. The van der Waals surface area contributed by atoms with Gasteiger partial charge in [-0.2, -0.15) is 0 Å². The number of benzene rings is 3. The zero-order valence-corrected chi connectivity index (χ0v) is 24.1. The molecule has 0 aliphatic rings. The maximum absolute atomic E-state index is 13.9. The van der Waals surface area contributed by atoms with E-state index in [0.717, 1.165) is 21.9 Å². The van der Waals surface area contributed by atoms with Crippen LogP contribution in [0.2, 0.25) is 5.02 Å². The molecule has 0 aliphatic carbocycles. The van der Waals surface area contributed by atoms with E-state index in [-0.39, 0.29) is 23.0 Å². The molecule has 0 spiro atoms. The molecular formula is C29H34ClN3O5S. The minimum Gasteiger partial charge on any atom is -0.497 e. The van der Waals surface area contributed by atoms with Gasteiger partial charge < -0.3 is 15.0 Å². The van der Waals surface area contributed by atoms with E-state index < -0.39 is 28.5 Å². The summed E-state index contributed by atoms with van der Waals surface area (Å²) in [6.45, 7) is 5.45. The zero-order chi connectivity index (χ0) is 28.6. The minimum absolute atomic E-state index is 0.0432. The Balaban J connectivity index is 2.03. The Morgan fingerprint density at radius 1 is 1.03 bits per heavy atom. The highest BCUT2D eigenvalue weighted by Crippen LogP contribution is 2.28. The number of hydrogen-bond donors (Lipinski definition) is 1. The van der Waals surface area contributed by atoms with Crippen LogP contribution in [-0.4, -0.2) is 51.4 Å². The van der Waals surface area contributed by atoms with E-state index in [0.29, 0.717) is 17.3 Å². The molecule has 39 heavy (non-hydrogen) atoms. The van der Waals surface area contributed by atoms with E-state index in [4.69, 9.17) is 16.3 Å². The zero-order valence-electron chi connectivity index (χ0n) is 22.6. The summed E-state index contributed by atoms with van der Waals surface area (Å²) < 4.78 is 34.1. The van der Waals surface area contributed by atoms with Crippen LogP contribution in [-0.2, 0) is 26.2 Å². The normalized spacial score (nSPS) is 11.9. The van der Waals surface area contributed by atoms with Gasteiger partial charge in [0.1, 0.15) is 18.3 Å². The molecule has 10 heteroatoms. The largest absolute Gasteiger partial charge is 0.497 e. The number of anilines is 1. The molecule has 208 valence electrons. The summed E-state index contributed by atoms with van der Waals surface area (Å²) in [4.78, 5) is 28.2. The van der Waals surface area contributed by atoms with Crippen molar-refractivity contribution in [2.75, 3.05) is 24.5 Å². The van der Waals surface area contributed by atoms with Crippen molar-refractivity contribution in [3.8, 4) is 5.75 Å². The summed E-state index contributed by atoms with van der Waals surface area (Å²) in [5.41, 5.74) is 1.91. The number of carbonyl (C=O) groups excluding carboxylic acids is 2. The average Bonchev–Trinajstić information content (AvgIpc) is 2.93. The molecule has 1 atom stereocenters. The van der Waals surface area contributed by atoms with E-state index >= 15 is 0 Å². The molecule has 0 aliphatic heterocycles. The van der Waals surface area contributed by atoms with Gasteiger partial charge in [0.25, 0.3) is 10.0 Å². The third-order valence-electron chi connectivity index (χ3n) is 6.21. The van der Waals surface area contributed by atoms with Crippen LogP contribution in [0.4, 0.5) is 5.69 Å². The van der Waals surface area contributed by atoms with Crippen molar-refractivity contribution in [1.82, 2.24) is 10.2 Å². The minimum atomic E-state index is -4.15. The van der Waals surface area contributed by atoms with Crippen LogP contribution in [0.3, 0.4) is 0 Å². The number of nitrogens with one attached hydrogen (secondary N) is 1. The van der Waals surface area contributed by atoms with Gasteiger partial charge in [-0.15, -0.1) is 0 Å². The van der Waals surface area contributed by atoms with E-state index in [2.05, 4.69) is 5.32 Å². The third kappa shape index (κ3) is 7.74. The molecule has 0 radical (unpaired) electrons. The first-order chi connectivity index (χ1) is 18.6. The third-order valence-corrected chi connectivity index (χ3v) is 8.25. The van der Waals surface area contributed by atoms with E-state index in [1.165, 1.54) is 24.1 Å². The second kappa shape index (κ2) is 13.5. The van der Waals surface area contributed by atoms with Crippen LogP contribution in [0.1, 0.15) is 31.4 Å². The van der Waals surface area contributed by atoms with Crippen LogP contribution >= 0.6 is 11.6 Å². The number of amides is 2. The first-order valence-electron chi connectivity index (χ1n) is 12.6. The first-order valence-corrected chi connectivity index (χ1v) is 14.4. The van der Waals surface area contributed by atoms with Gasteiger partial charge >= 0.3 is 0 Å². The molecule has 2 amide bonds. The number of rotatable bonds is 12. The van der Waals surface area contributed by atoms with Crippen molar-refractivity contribution < 1.29 is 22.7 Å². The van der Waals surface area contributed by atoms with Gasteiger partial charge in [0.05, 0.1) is 17.7 Å². The molecule has 0 saturated heterocycles. The van der Waals surface area contributed by atoms with Crippen molar-refractivity contribution in [3.05, 3.63) is 88.9 Å². The SMILES string of the molecule is CCCNC(=O)[C@H](C)N(Cc1ccc(Cl)cc1)C(=O)CN(c1cccc(OC)c1)S(=O)(=O)c1ccc(C)cc1. The number of aryl methyl sites for hydroxylation is 1. The molecule has 0 aromatic heterocycles. The highest BCUT2D eigenvalue weighted by atomic mass is 35.5. The van der Waals surface area contributed by atoms with Crippen LogP contribution < -0.4 is 14.4 Å². The summed E-state index contributed by atoms with van der Waals surface area (Å²) in [5, 5.41) is 3.36. The molecule has 3 aromatic rings. The molecule has 0 bridgehead atoms. The molecule has 1 N–H and O–H groups in total. The highest BCUT2D eigenvalue weighted by Gasteiger charge is 2.32. The Morgan fingerprint density at radius 3 is 2.31 bits per heavy atom. The van der Waals surface area contributed by atoms with Crippen molar-refractivity contribution in [2.24, 2.45) is 0 Å². The Labute approximate surface area is 235 Å². The number of sulfonamides is 1. The maximum Gasteiger partial charge on any atom is 0.264 e. The summed E-state index contributed by atoms with van der Waals surface area (Å²) in [7, 11) is -2.67. The Hall–Kier alpha value is -3.56. The number of carbonyl (C=O) groups is 2. The van der Waals surface area contributed by atoms with E-state index in [1.807, 2.05) is 13.8 Å². The predicted octanol–water partition coefficient (Wildman–Crippen LogP) is 4.80. The van der Waals surface area contributed by atoms with Crippen LogP contribution in [0.5, 0.6) is 5.75 Å². The molecule has 0 saturated carbocycles. The summed E-state index contributed by atoms with van der Waals surface area (Å²) in [6, 6.07) is 19.0. The molecular weight excluding hydrogens is 538 g/mol. The quantitative estimate of drug-likeness (QED) is 0.337. The second-order valence-electron chi connectivity index (χ2n) is 9.14. The van der Waals surface area contributed by atoms with E-state index in [1.54, 1.807) is 67.6 Å². The molecule has 0 unspecified atom stereocenters. The van der Waals surface area contributed by atoms with Crippen molar-refractivity contribution in [2.45, 2.75) is 44.7 Å². The smallest absolute Gasteiger partial charge is 0.264 e. The summed E-state index contributed by atoms with van der Waals surface area (Å²) in [5.74, 6) is -0.425. The molecule has 3 rings (SSSR count). The van der Waals surface area contributed by atoms with Crippen LogP contribution in [0.25, 0.3) is 0 Å².